The van der Waals surface area contributed by atoms with Crippen molar-refractivity contribution in [3.8, 4) is 0 Å². The van der Waals surface area contributed by atoms with Gasteiger partial charge in [-0.1, -0.05) is 19.1 Å². The number of anilines is 1. The maximum atomic E-state index is 12.1. The molecule has 3 nitrogen and oxygen atoms in total. The molecule has 0 spiro atoms. The van der Waals surface area contributed by atoms with Gasteiger partial charge < -0.3 is 10.0 Å². The van der Waals surface area contributed by atoms with Crippen molar-refractivity contribution in [3.63, 3.8) is 0 Å². The summed E-state index contributed by atoms with van der Waals surface area (Å²) in [4.78, 5) is 14.1. The Morgan fingerprint density at radius 2 is 2.17 bits per heavy atom. The van der Waals surface area contributed by atoms with Gasteiger partial charge in [0.2, 0.25) is 0 Å². The molecular weight excluding hydrogens is 226 g/mol. The van der Waals surface area contributed by atoms with E-state index >= 15 is 0 Å². The van der Waals surface area contributed by atoms with E-state index in [2.05, 4.69) is 0 Å². The summed E-state index contributed by atoms with van der Waals surface area (Å²) >= 11 is 0. The average Bonchev–Trinajstić information content (AvgIpc) is 2.40. The van der Waals surface area contributed by atoms with Crippen molar-refractivity contribution in [1.29, 1.82) is 0 Å². The molecule has 1 atom stereocenters. The van der Waals surface area contributed by atoms with Gasteiger partial charge in [-0.2, -0.15) is 0 Å². The van der Waals surface area contributed by atoms with Crippen LogP contribution >= 0.6 is 0 Å². The number of para-hydroxylation sites is 1. The second-order valence-corrected chi connectivity index (χ2v) is 4.86. The van der Waals surface area contributed by atoms with Gasteiger partial charge in [-0.15, -0.1) is 0 Å². The predicted octanol–water partition coefficient (Wildman–Crippen LogP) is 2.98. The zero-order valence-corrected chi connectivity index (χ0v) is 10.9. The molecule has 98 valence electrons. The third kappa shape index (κ3) is 2.72. The van der Waals surface area contributed by atoms with Crippen LogP contribution in [0.2, 0.25) is 0 Å². The molecule has 1 aromatic carbocycles. The molecule has 0 saturated carbocycles. The lowest BCUT2D eigenvalue weighted by Gasteiger charge is -2.35. The van der Waals surface area contributed by atoms with E-state index in [1.165, 1.54) is 0 Å². The summed E-state index contributed by atoms with van der Waals surface area (Å²) in [5.41, 5.74) is 1.64. The van der Waals surface area contributed by atoms with Crippen molar-refractivity contribution >= 4 is 11.5 Å². The van der Waals surface area contributed by atoms with Gasteiger partial charge in [0.25, 0.3) is 0 Å². The molecule has 1 aromatic rings. The lowest BCUT2D eigenvalue weighted by atomic mass is 10.0. The van der Waals surface area contributed by atoms with Crippen molar-refractivity contribution in [2.24, 2.45) is 0 Å². The Hall–Kier alpha value is -1.35. The van der Waals surface area contributed by atoms with Gasteiger partial charge in [-0.3, -0.25) is 4.79 Å². The molecule has 0 radical (unpaired) electrons. The number of aliphatic hydroxyl groups is 1. The SMILES string of the molecule is CCCC(=O)c1ccccc1N1CCCCC1O. The van der Waals surface area contributed by atoms with Crippen molar-refractivity contribution in [2.45, 2.75) is 45.3 Å². The third-order valence-corrected chi connectivity index (χ3v) is 3.46. The van der Waals surface area contributed by atoms with Crippen LogP contribution in [0.5, 0.6) is 0 Å². The summed E-state index contributed by atoms with van der Waals surface area (Å²) in [5, 5.41) is 10.1. The molecule has 18 heavy (non-hydrogen) atoms. The monoisotopic (exact) mass is 247 g/mol. The molecule has 1 saturated heterocycles. The summed E-state index contributed by atoms with van der Waals surface area (Å²) in [6.07, 6.45) is 3.90. The molecule has 0 aliphatic carbocycles. The number of benzene rings is 1. The van der Waals surface area contributed by atoms with E-state index < -0.39 is 6.23 Å². The largest absolute Gasteiger partial charge is 0.374 e. The molecule has 1 N–H and O–H groups in total. The summed E-state index contributed by atoms with van der Waals surface area (Å²) in [6, 6.07) is 7.63. The van der Waals surface area contributed by atoms with E-state index in [-0.39, 0.29) is 5.78 Å². The van der Waals surface area contributed by atoms with E-state index in [1.54, 1.807) is 0 Å². The number of nitrogens with zero attached hydrogens (tertiary/aromatic N) is 1. The summed E-state index contributed by atoms with van der Waals surface area (Å²) in [7, 11) is 0. The van der Waals surface area contributed by atoms with Crippen molar-refractivity contribution in [1.82, 2.24) is 0 Å². The summed E-state index contributed by atoms with van der Waals surface area (Å²) < 4.78 is 0. The summed E-state index contributed by atoms with van der Waals surface area (Å²) in [6.45, 7) is 2.84. The number of carbonyl (C=O) groups excluding carboxylic acids is 1. The van der Waals surface area contributed by atoms with Crippen LogP contribution in [0.1, 0.15) is 49.4 Å². The number of ketones is 1. The number of hydrogen-bond donors (Lipinski definition) is 1. The van der Waals surface area contributed by atoms with E-state index in [0.717, 1.165) is 43.5 Å². The Morgan fingerprint density at radius 3 is 2.89 bits per heavy atom. The lowest BCUT2D eigenvalue weighted by molar-refractivity contribution is 0.0980. The minimum Gasteiger partial charge on any atom is -0.374 e. The van der Waals surface area contributed by atoms with Crippen LogP contribution < -0.4 is 4.90 Å². The topological polar surface area (TPSA) is 40.5 Å². The Balaban J connectivity index is 2.28. The van der Waals surface area contributed by atoms with Gasteiger partial charge in [-0.25, -0.2) is 0 Å². The van der Waals surface area contributed by atoms with E-state index in [9.17, 15) is 9.90 Å². The third-order valence-electron chi connectivity index (χ3n) is 3.46. The molecule has 1 aliphatic heterocycles. The highest BCUT2D eigenvalue weighted by Crippen LogP contribution is 2.27. The van der Waals surface area contributed by atoms with Crippen LogP contribution in [0.4, 0.5) is 5.69 Å². The first-order valence-electron chi connectivity index (χ1n) is 6.81. The first-order chi connectivity index (χ1) is 8.74. The first-order valence-corrected chi connectivity index (χ1v) is 6.81. The highest BCUT2D eigenvalue weighted by atomic mass is 16.3. The number of aliphatic hydroxyl groups excluding tert-OH is 1. The maximum absolute atomic E-state index is 12.1. The predicted molar refractivity (Wildman–Crippen MR) is 72.9 cm³/mol. The van der Waals surface area contributed by atoms with Gasteiger partial charge in [0.1, 0.15) is 6.23 Å². The number of carbonyl (C=O) groups is 1. The molecule has 1 aliphatic rings. The molecule has 0 bridgehead atoms. The normalized spacial score (nSPS) is 19.9. The number of rotatable bonds is 4. The molecule has 3 heteroatoms. The van der Waals surface area contributed by atoms with Crippen LogP contribution in [0.15, 0.2) is 24.3 Å². The van der Waals surface area contributed by atoms with Gasteiger partial charge in [0.05, 0.1) is 0 Å². The molecular formula is C15H21NO2. The second-order valence-electron chi connectivity index (χ2n) is 4.86. The van der Waals surface area contributed by atoms with E-state index in [0.29, 0.717) is 6.42 Å². The molecule has 0 aromatic heterocycles. The Morgan fingerprint density at radius 1 is 1.39 bits per heavy atom. The zero-order valence-electron chi connectivity index (χ0n) is 10.9. The fraction of sp³-hybridized carbons (Fsp3) is 0.533. The van der Waals surface area contributed by atoms with Crippen molar-refractivity contribution in [2.75, 3.05) is 11.4 Å². The van der Waals surface area contributed by atoms with Crippen LogP contribution in [-0.2, 0) is 0 Å². The fourth-order valence-electron chi connectivity index (χ4n) is 2.52. The minimum absolute atomic E-state index is 0.172. The van der Waals surface area contributed by atoms with Crippen LogP contribution in [-0.4, -0.2) is 23.7 Å². The molecule has 2 rings (SSSR count). The lowest BCUT2D eigenvalue weighted by Crippen LogP contribution is -2.40. The quantitative estimate of drug-likeness (QED) is 0.831. The van der Waals surface area contributed by atoms with Crippen LogP contribution in [0, 0.1) is 0 Å². The Bertz CT molecular complexity index is 417. The van der Waals surface area contributed by atoms with Crippen molar-refractivity contribution in [3.05, 3.63) is 29.8 Å². The minimum atomic E-state index is -0.450. The van der Waals surface area contributed by atoms with E-state index in [4.69, 9.17) is 0 Å². The Kier molecular flexibility index (Phi) is 4.37. The van der Waals surface area contributed by atoms with Gasteiger partial charge in [0.15, 0.2) is 5.78 Å². The number of Topliss-reactive ketones (excluding diaryl/α,β-unsaturated/α-hetero) is 1. The Labute approximate surface area is 108 Å². The molecule has 1 unspecified atom stereocenters. The van der Waals surface area contributed by atoms with Crippen LogP contribution in [0.25, 0.3) is 0 Å². The average molecular weight is 247 g/mol. The molecule has 1 heterocycles. The van der Waals surface area contributed by atoms with Gasteiger partial charge in [0, 0.05) is 24.2 Å². The molecule has 0 amide bonds. The maximum Gasteiger partial charge on any atom is 0.164 e. The smallest absolute Gasteiger partial charge is 0.164 e. The number of piperidine rings is 1. The van der Waals surface area contributed by atoms with Gasteiger partial charge >= 0.3 is 0 Å². The second kappa shape index (κ2) is 6.01. The summed E-state index contributed by atoms with van der Waals surface area (Å²) in [5.74, 6) is 0.172. The standard InChI is InChI=1S/C15H21NO2/c1-2-7-14(17)12-8-3-4-9-13(12)16-11-6-5-10-15(16)18/h3-4,8-9,15,18H,2,5-7,10-11H2,1H3. The zero-order chi connectivity index (χ0) is 13.0. The first kappa shape index (κ1) is 13.1. The van der Waals surface area contributed by atoms with Gasteiger partial charge in [-0.05, 0) is 37.8 Å². The van der Waals surface area contributed by atoms with E-state index in [1.807, 2.05) is 36.1 Å². The van der Waals surface area contributed by atoms with Crippen LogP contribution in [0.3, 0.4) is 0 Å². The fourth-order valence-corrected chi connectivity index (χ4v) is 2.52. The van der Waals surface area contributed by atoms with Crippen molar-refractivity contribution < 1.29 is 9.90 Å². The number of hydrogen-bond acceptors (Lipinski definition) is 3. The highest BCUT2D eigenvalue weighted by molar-refractivity contribution is 6.01. The highest BCUT2D eigenvalue weighted by Gasteiger charge is 2.23. The molecule has 1 fully saturated rings.